The molecule has 0 amide bonds. The molecule has 0 atom stereocenters. The van der Waals surface area contributed by atoms with Crippen LogP contribution >= 0.6 is 54.5 Å². The SMILES string of the molecule is Nc1ccccc1S(=O)(=O)N1Cc2cc(Br)sc2-c2sc(Br)cc2C1. The van der Waals surface area contributed by atoms with Crippen molar-refractivity contribution in [3.63, 3.8) is 0 Å². The number of nitrogen functional groups attached to an aromatic ring is 1. The molecule has 3 heterocycles. The summed E-state index contributed by atoms with van der Waals surface area (Å²) in [6, 6.07) is 10.6. The molecule has 0 bridgehead atoms. The Bertz CT molecular complexity index is 1020. The third kappa shape index (κ3) is 3.11. The smallest absolute Gasteiger partial charge is 0.245 e. The molecule has 3 aromatic rings. The van der Waals surface area contributed by atoms with Crippen LogP contribution in [-0.4, -0.2) is 12.7 Å². The molecule has 4 nitrogen and oxygen atoms in total. The zero-order valence-corrected chi connectivity index (χ0v) is 18.3. The molecule has 0 aliphatic carbocycles. The number of hydrogen-bond donors (Lipinski definition) is 1. The van der Waals surface area contributed by atoms with Crippen LogP contribution in [0.4, 0.5) is 5.69 Å². The summed E-state index contributed by atoms with van der Waals surface area (Å²) in [5, 5.41) is 0. The summed E-state index contributed by atoms with van der Waals surface area (Å²) in [6.45, 7) is 0.653. The fourth-order valence-electron chi connectivity index (χ4n) is 2.87. The summed E-state index contributed by atoms with van der Waals surface area (Å²) < 4.78 is 29.9. The van der Waals surface area contributed by atoms with E-state index in [2.05, 4.69) is 31.9 Å². The minimum Gasteiger partial charge on any atom is -0.398 e. The van der Waals surface area contributed by atoms with Crippen molar-refractivity contribution in [1.82, 2.24) is 4.31 Å². The quantitative estimate of drug-likeness (QED) is 0.468. The molecule has 0 radical (unpaired) electrons. The van der Waals surface area contributed by atoms with E-state index in [-0.39, 0.29) is 10.6 Å². The van der Waals surface area contributed by atoms with Gasteiger partial charge in [0.2, 0.25) is 10.0 Å². The van der Waals surface area contributed by atoms with Crippen LogP contribution in [0.2, 0.25) is 0 Å². The number of hydrogen-bond acceptors (Lipinski definition) is 5. The van der Waals surface area contributed by atoms with E-state index >= 15 is 0 Å². The Kier molecular flexibility index (Phi) is 4.58. The largest absolute Gasteiger partial charge is 0.398 e. The van der Waals surface area contributed by atoms with Crippen LogP contribution in [0.1, 0.15) is 11.1 Å². The summed E-state index contributed by atoms with van der Waals surface area (Å²) in [5.41, 5.74) is 8.21. The molecule has 2 N–H and O–H groups in total. The van der Waals surface area contributed by atoms with Gasteiger partial charge in [-0.1, -0.05) is 12.1 Å². The number of rotatable bonds is 2. The Morgan fingerprint density at radius 2 is 1.48 bits per heavy atom. The second kappa shape index (κ2) is 6.47. The summed E-state index contributed by atoms with van der Waals surface area (Å²) in [4.78, 5) is 2.40. The molecule has 1 aliphatic heterocycles. The number of para-hydroxylation sites is 1. The number of thiophene rings is 2. The molecule has 0 fully saturated rings. The van der Waals surface area contributed by atoms with E-state index < -0.39 is 10.0 Å². The van der Waals surface area contributed by atoms with Crippen molar-refractivity contribution in [2.75, 3.05) is 5.73 Å². The van der Waals surface area contributed by atoms with Crippen molar-refractivity contribution in [3.05, 3.63) is 55.1 Å². The fourth-order valence-corrected chi connectivity index (χ4v) is 7.91. The van der Waals surface area contributed by atoms with Crippen molar-refractivity contribution in [2.24, 2.45) is 0 Å². The standard InChI is InChI=1S/C16H12Br2N2O2S3/c17-13-5-9-7-20(25(21,22)12-4-2-1-3-11(12)19)8-10-6-14(18)24-16(10)15(9)23-13/h1-6H,7-8,19H2. The lowest BCUT2D eigenvalue weighted by molar-refractivity contribution is 0.405. The Labute approximate surface area is 170 Å². The van der Waals surface area contributed by atoms with Gasteiger partial charge in [0, 0.05) is 13.1 Å². The van der Waals surface area contributed by atoms with Crippen molar-refractivity contribution < 1.29 is 8.42 Å². The number of anilines is 1. The lowest BCUT2D eigenvalue weighted by Gasteiger charge is -2.21. The van der Waals surface area contributed by atoms with Gasteiger partial charge in [-0.3, -0.25) is 0 Å². The van der Waals surface area contributed by atoms with Crippen LogP contribution < -0.4 is 5.73 Å². The topological polar surface area (TPSA) is 63.4 Å². The van der Waals surface area contributed by atoms with Crippen molar-refractivity contribution in [2.45, 2.75) is 18.0 Å². The normalized spacial score (nSPS) is 14.8. The summed E-state index contributed by atoms with van der Waals surface area (Å²) >= 11 is 10.3. The lowest BCUT2D eigenvalue weighted by Crippen LogP contribution is -2.30. The minimum atomic E-state index is -3.70. The van der Waals surface area contributed by atoms with E-state index in [0.717, 1.165) is 28.5 Å². The van der Waals surface area contributed by atoms with E-state index in [1.807, 2.05) is 12.1 Å². The van der Waals surface area contributed by atoms with E-state index in [1.54, 1.807) is 46.9 Å². The molecule has 25 heavy (non-hydrogen) atoms. The number of nitrogens with two attached hydrogens (primary N) is 1. The van der Waals surface area contributed by atoms with Crippen LogP contribution in [0, 0.1) is 0 Å². The maximum absolute atomic E-state index is 13.2. The zero-order valence-electron chi connectivity index (χ0n) is 12.7. The average Bonchev–Trinajstić information content (AvgIpc) is 3.05. The van der Waals surface area contributed by atoms with Gasteiger partial charge in [-0.25, -0.2) is 8.42 Å². The molecular formula is C16H12Br2N2O2S3. The Hall–Kier alpha value is -0.710. The van der Waals surface area contributed by atoms with Crippen LogP contribution in [0.5, 0.6) is 0 Å². The van der Waals surface area contributed by atoms with Gasteiger partial charge in [-0.05, 0) is 67.3 Å². The van der Waals surface area contributed by atoms with Gasteiger partial charge in [0.15, 0.2) is 0 Å². The van der Waals surface area contributed by atoms with Crippen LogP contribution in [0.25, 0.3) is 9.75 Å². The average molecular weight is 520 g/mol. The molecule has 0 spiro atoms. The number of fused-ring (bicyclic) bond motifs is 3. The molecule has 9 heteroatoms. The number of sulfonamides is 1. The van der Waals surface area contributed by atoms with Crippen LogP contribution in [0.3, 0.4) is 0 Å². The molecule has 0 unspecified atom stereocenters. The van der Waals surface area contributed by atoms with E-state index in [9.17, 15) is 8.42 Å². The minimum absolute atomic E-state index is 0.156. The second-order valence-electron chi connectivity index (χ2n) is 5.62. The first-order chi connectivity index (χ1) is 11.9. The molecule has 0 saturated carbocycles. The monoisotopic (exact) mass is 518 g/mol. The van der Waals surface area contributed by atoms with Gasteiger partial charge < -0.3 is 5.73 Å². The highest BCUT2D eigenvalue weighted by atomic mass is 79.9. The molecule has 1 aromatic carbocycles. The molecule has 130 valence electrons. The van der Waals surface area contributed by atoms with Gasteiger partial charge >= 0.3 is 0 Å². The summed E-state index contributed by atoms with van der Waals surface area (Å²) in [7, 11) is -3.70. The Balaban J connectivity index is 1.87. The van der Waals surface area contributed by atoms with Gasteiger partial charge in [0.25, 0.3) is 0 Å². The third-order valence-electron chi connectivity index (χ3n) is 3.99. The van der Waals surface area contributed by atoms with E-state index in [1.165, 1.54) is 4.31 Å². The predicted molar refractivity (Wildman–Crippen MR) is 110 cm³/mol. The molecule has 2 aromatic heterocycles. The number of benzene rings is 1. The maximum atomic E-state index is 13.2. The highest BCUT2D eigenvalue weighted by molar-refractivity contribution is 9.11. The Morgan fingerprint density at radius 3 is 2.00 bits per heavy atom. The van der Waals surface area contributed by atoms with Gasteiger partial charge in [0.05, 0.1) is 23.0 Å². The molecule has 1 aliphatic rings. The molecule has 4 rings (SSSR count). The van der Waals surface area contributed by atoms with Crippen molar-refractivity contribution in [3.8, 4) is 9.75 Å². The highest BCUT2D eigenvalue weighted by Crippen LogP contribution is 2.46. The molecular weight excluding hydrogens is 508 g/mol. The van der Waals surface area contributed by atoms with Crippen molar-refractivity contribution in [1.29, 1.82) is 0 Å². The summed E-state index contributed by atoms with van der Waals surface area (Å²) in [6.07, 6.45) is 0. The lowest BCUT2D eigenvalue weighted by atomic mass is 10.2. The van der Waals surface area contributed by atoms with Crippen molar-refractivity contribution >= 4 is 70.2 Å². The summed E-state index contributed by atoms with van der Waals surface area (Å²) in [5.74, 6) is 0. The highest BCUT2D eigenvalue weighted by Gasteiger charge is 2.32. The van der Waals surface area contributed by atoms with Gasteiger partial charge in [0.1, 0.15) is 4.90 Å². The zero-order chi connectivity index (χ0) is 17.8. The fraction of sp³-hybridized carbons (Fsp3) is 0.125. The first kappa shape index (κ1) is 17.7. The maximum Gasteiger partial charge on any atom is 0.245 e. The first-order valence-corrected chi connectivity index (χ1v) is 11.9. The van der Waals surface area contributed by atoms with Crippen LogP contribution in [-0.2, 0) is 23.1 Å². The molecule has 0 saturated heterocycles. The predicted octanol–water partition coefficient (Wildman–Crippen LogP) is 5.29. The van der Waals surface area contributed by atoms with Crippen LogP contribution in [0.15, 0.2) is 48.9 Å². The second-order valence-corrected chi connectivity index (χ2v) is 12.4. The Morgan fingerprint density at radius 1 is 0.960 bits per heavy atom. The van der Waals surface area contributed by atoms with Gasteiger partial charge in [-0.2, -0.15) is 4.31 Å². The number of halogens is 2. The van der Waals surface area contributed by atoms with Gasteiger partial charge in [-0.15, -0.1) is 22.7 Å². The number of nitrogens with zero attached hydrogens (tertiary/aromatic N) is 1. The first-order valence-electron chi connectivity index (χ1n) is 7.27. The van der Waals surface area contributed by atoms with E-state index in [4.69, 9.17) is 5.73 Å². The third-order valence-corrected chi connectivity index (χ3v) is 9.38. The van der Waals surface area contributed by atoms with E-state index in [0.29, 0.717) is 13.1 Å².